The van der Waals surface area contributed by atoms with Gasteiger partial charge in [-0.05, 0) is 55.0 Å². The number of nitrogens with zero attached hydrogens (tertiary/aromatic N) is 1. The van der Waals surface area contributed by atoms with E-state index < -0.39 is 0 Å². The first-order valence-electron chi connectivity index (χ1n) is 8.18. The SMILES string of the molecule is CCOc1ccc(-c2csc(NC(=O)C=Cc3ccc(Cl)c(Cl)c3)n2)cc1. The van der Waals surface area contributed by atoms with Gasteiger partial charge in [-0.25, -0.2) is 4.98 Å². The third-order valence-corrected chi connectivity index (χ3v) is 5.06. The predicted molar refractivity (Wildman–Crippen MR) is 113 cm³/mol. The van der Waals surface area contributed by atoms with Crippen LogP contribution in [0.4, 0.5) is 5.13 Å². The van der Waals surface area contributed by atoms with Crippen LogP contribution in [-0.2, 0) is 4.79 Å². The van der Waals surface area contributed by atoms with Crippen molar-refractivity contribution >= 4 is 51.7 Å². The summed E-state index contributed by atoms with van der Waals surface area (Å²) in [6, 6.07) is 12.8. The van der Waals surface area contributed by atoms with Crippen LogP contribution in [-0.4, -0.2) is 17.5 Å². The summed E-state index contributed by atoms with van der Waals surface area (Å²) in [6.45, 7) is 2.57. The van der Waals surface area contributed by atoms with Crippen molar-refractivity contribution in [2.75, 3.05) is 11.9 Å². The quantitative estimate of drug-likeness (QED) is 0.487. The summed E-state index contributed by atoms with van der Waals surface area (Å²) in [5.74, 6) is 0.547. The van der Waals surface area contributed by atoms with Crippen LogP contribution >= 0.6 is 34.5 Å². The van der Waals surface area contributed by atoms with E-state index in [1.165, 1.54) is 17.4 Å². The van der Waals surface area contributed by atoms with E-state index in [4.69, 9.17) is 27.9 Å². The maximum atomic E-state index is 12.1. The first kappa shape index (κ1) is 19.4. The molecule has 1 N–H and O–H groups in total. The lowest BCUT2D eigenvalue weighted by Crippen LogP contribution is -2.07. The Morgan fingerprint density at radius 1 is 1.19 bits per heavy atom. The minimum absolute atomic E-state index is 0.270. The molecule has 1 amide bonds. The highest BCUT2D eigenvalue weighted by atomic mass is 35.5. The van der Waals surface area contributed by atoms with Crippen LogP contribution in [0.1, 0.15) is 12.5 Å². The lowest BCUT2D eigenvalue weighted by molar-refractivity contribution is -0.111. The molecule has 0 unspecified atom stereocenters. The van der Waals surface area contributed by atoms with Gasteiger partial charge in [-0.1, -0.05) is 29.3 Å². The molecule has 1 aromatic heterocycles. The van der Waals surface area contributed by atoms with Crippen molar-refractivity contribution in [2.24, 2.45) is 0 Å². The molecule has 1 heterocycles. The first-order valence-corrected chi connectivity index (χ1v) is 9.81. The number of amides is 1. The van der Waals surface area contributed by atoms with E-state index in [1.807, 2.05) is 36.6 Å². The van der Waals surface area contributed by atoms with Gasteiger partial charge in [0.15, 0.2) is 5.13 Å². The van der Waals surface area contributed by atoms with Crippen LogP contribution < -0.4 is 10.1 Å². The Labute approximate surface area is 171 Å². The van der Waals surface area contributed by atoms with Crippen molar-refractivity contribution in [3.05, 3.63) is 69.5 Å². The smallest absolute Gasteiger partial charge is 0.250 e. The second kappa shape index (κ2) is 9.04. The van der Waals surface area contributed by atoms with Gasteiger partial charge in [0, 0.05) is 17.0 Å². The van der Waals surface area contributed by atoms with Gasteiger partial charge in [0.25, 0.3) is 0 Å². The number of anilines is 1. The molecule has 0 aliphatic carbocycles. The Morgan fingerprint density at radius 2 is 1.96 bits per heavy atom. The third kappa shape index (κ3) is 5.32. The van der Waals surface area contributed by atoms with Gasteiger partial charge >= 0.3 is 0 Å². The summed E-state index contributed by atoms with van der Waals surface area (Å²) in [4.78, 5) is 16.5. The Morgan fingerprint density at radius 3 is 2.67 bits per heavy atom. The maximum Gasteiger partial charge on any atom is 0.250 e. The Hall–Kier alpha value is -2.34. The lowest BCUT2D eigenvalue weighted by atomic mass is 10.2. The van der Waals surface area contributed by atoms with E-state index in [0.29, 0.717) is 21.8 Å². The molecule has 0 bridgehead atoms. The second-order valence-corrected chi connectivity index (χ2v) is 7.16. The number of rotatable bonds is 6. The third-order valence-electron chi connectivity index (χ3n) is 3.57. The van der Waals surface area contributed by atoms with E-state index in [0.717, 1.165) is 22.6 Å². The first-order chi connectivity index (χ1) is 13.0. The summed E-state index contributed by atoms with van der Waals surface area (Å²) in [6.07, 6.45) is 3.09. The monoisotopic (exact) mass is 418 g/mol. The van der Waals surface area contributed by atoms with Gasteiger partial charge < -0.3 is 4.74 Å². The van der Waals surface area contributed by atoms with Crippen LogP contribution in [0.25, 0.3) is 17.3 Å². The molecule has 27 heavy (non-hydrogen) atoms. The molecule has 0 spiro atoms. The highest BCUT2D eigenvalue weighted by Crippen LogP contribution is 2.27. The number of hydrogen-bond donors (Lipinski definition) is 1. The number of carbonyl (C=O) groups excluding carboxylic acids is 1. The van der Waals surface area contributed by atoms with E-state index >= 15 is 0 Å². The fourth-order valence-electron chi connectivity index (χ4n) is 2.29. The molecule has 3 aromatic rings. The number of aromatic nitrogens is 1. The van der Waals surface area contributed by atoms with Gasteiger partial charge in [0.1, 0.15) is 5.75 Å². The zero-order chi connectivity index (χ0) is 19.2. The summed E-state index contributed by atoms with van der Waals surface area (Å²) in [5.41, 5.74) is 2.54. The van der Waals surface area contributed by atoms with E-state index in [-0.39, 0.29) is 5.91 Å². The highest BCUT2D eigenvalue weighted by Gasteiger charge is 2.07. The average molecular weight is 419 g/mol. The Bertz CT molecular complexity index is 968. The van der Waals surface area contributed by atoms with Crippen LogP contribution in [0.15, 0.2) is 53.9 Å². The van der Waals surface area contributed by atoms with E-state index in [1.54, 1.807) is 24.3 Å². The number of hydrogen-bond acceptors (Lipinski definition) is 4. The average Bonchev–Trinajstić information content (AvgIpc) is 3.12. The molecule has 2 aromatic carbocycles. The van der Waals surface area contributed by atoms with Crippen molar-refractivity contribution in [1.29, 1.82) is 0 Å². The zero-order valence-corrected chi connectivity index (χ0v) is 16.7. The number of thiazole rings is 1. The van der Waals surface area contributed by atoms with Crippen LogP contribution in [0.3, 0.4) is 0 Å². The van der Waals surface area contributed by atoms with Gasteiger partial charge in [0.2, 0.25) is 5.91 Å². The van der Waals surface area contributed by atoms with E-state index in [2.05, 4.69) is 10.3 Å². The molecule has 0 atom stereocenters. The molecule has 0 aliphatic rings. The number of benzene rings is 2. The maximum absolute atomic E-state index is 12.1. The van der Waals surface area contributed by atoms with Gasteiger partial charge in [0.05, 0.1) is 22.3 Å². The predicted octanol–water partition coefficient (Wildman–Crippen LogP) is 6.17. The van der Waals surface area contributed by atoms with Gasteiger partial charge in [-0.2, -0.15) is 0 Å². The van der Waals surface area contributed by atoms with Crippen molar-refractivity contribution in [1.82, 2.24) is 4.98 Å². The van der Waals surface area contributed by atoms with Crippen molar-refractivity contribution in [3.63, 3.8) is 0 Å². The highest BCUT2D eigenvalue weighted by molar-refractivity contribution is 7.14. The zero-order valence-electron chi connectivity index (χ0n) is 14.4. The molecule has 0 saturated carbocycles. The van der Waals surface area contributed by atoms with Crippen LogP contribution in [0.2, 0.25) is 10.0 Å². The molecular weight excluding hydrogens is 403 g/mol. The molecule has 4 nitrogen and oxygen atoms in total. The largest absolute Gasteiger partial charge is 0.494 e. The van der Waals surface area contributed by atoms with Crippen molar-refractivity contribution < 1.29 is 9.53 Å². The summed E-state index contributed by atoms with van der Waals surface area (Å²) in [7, 11) is 0. The fraction of sp³-hybridized carbons (Fsp3) is 0.100. The van der Waals surface area contributed by atoms with E-state index in [9.17, 15) is 4.79 Å². The van der Waals surface area contributed by atoms with Gasteiger partial charge in [-0.15, -0.1) is 11.3 Å². The second-order valence-electron chi connectivity index (χ2n) is 5.49. The summed E-state index contributed by atoms with van der Waals surface area (Å²) in [5, 5.41) is 6.10. The molecule has 0 radical (unpaired) electrons. The van der Waals surface area contributed by atoms with Crippen molar-refractivity contribution in [3.8, 4) is 17.0 Å². The van der Waals surface area contributed by atoms with Crippen molar-refractivity contribution in [2.45, 2.75) is 6.92 Å². The van der Waals surface area contributed by atoms with Crippen LogP contribution in [0, 0.1) is 0 Å². The Kier molecular flexibility index (Phi) is 6.50. The number of halogens is 2. The minimum Gasteiger partial charge on any atom is -0.494 e. The molecule has 0 aliphatic heterocycles. The molecule has 138 valence electrons. The molecule has 0 fully saturated rings. The summed E-state index contributed by atoms with van der Waals surface area (Å²) < 4.78 is 5.43. The van der Waals surface area contributed by atoms with Gasteiger partial charge in [-0.3, -0.25) is 10.1 Å². The standard InChI is InChI=1S/C20H16Cl2N2O2S/c1-2-26-15-7-5-14(6-8-15)18-12-27-20(23-18)24-19(25)10-4-13-3-9-16(21)17(22)11-13/h3-12H,2H2,1H3,(H,23,24,25). The number of carbonyl (C=O) groups is 1. The fourth-order valence-corrected chi connectivity index (χ4v) is 3.32. The minimum atomic E-state index is -0.270. The van der Waals surface area contributed by atoms with Crippen LogP contribution in [0.5, 0.6) is 5.75 Å². The molecule has 7 heteroatoms. The summed E-state index contributed by atoms with van der Waals surface area (Å²) >= 11 is 13.2. The molecule has 3 rings (SSSR count). The Balaban J connectivity index is 1.63. The number of nitrogens with one attached hydrogen (secondary N) is 1. The topological polar surface area (TPSA) is 51.2 Å². The molecular formula is C20H16Cl2N2O2S. The number of ether oxygens (including phenoxy) is 1. The molecule has 0 saturated heterocycles. The normalized spacial score (nSPS) is 10.9. The lowest BCUT2D eigenvalue weighted by Gasteiger charge is -2.03.